The van der Waals surface area contributed by atoms with E-state index in [1.807, 2.05) is 29.2 Å². The van der Waals surface area contributed by atoms with E-state index in [0.29, 0.717) is 61.5 Å². The molecule has 0 spiro atoms. The molecule has 3 aromatic rings. The second kappa shape index (κ2) is 11.1. The molecule has 1 aromatic heterocycles. The Bertz CT molecular complexity index is 1220. The van der Waals surface area contributed by atoms with Crippen molar-refractivity contribution in [3.8, 4) is 17.1 Å². The monoisotopic (exact) mass is 479 g/mol. The van der Waals surface area contributed by atoms with Gasteiger partial charge in [-0.2, -0.15) is 0 Å². The van der Waals surface area contributed by atoms with Crippen LogP contribution >= 0.6 is 0 Å². The third kappa shape index (κ3) is 6.23. The lowest BCUT2D eigenvalue weighted by Gasteiger charge is -2.36. The van der Waals surface area contributed by atoms with Gasteiger partial charge < -0.3 is 19.5 Å². The molecule has 35 heavy (non-hydrogen) atoms. The predicted octanol–water partition coefficient (Wildman–Crippen LogP) is 3.29. The zero-order valence-corrected chi connectivity index (χ0v) is 20.0. The fraction of sp³-hybridized carbons (Fsp3) is 0.385. The van der Waals surface area contributed by atoms with Gasteiger partial charge in [-0.15, -0.1) is 10.2 Å². The van der Waals surface area contributed by atoms with Gasteiger partial charge in [0, 0.05) is 44.6 Å². The summed E-state index contributed by atoms with van der Waals surface area (Å²) >= 11 is 0. The van der Waals surface area contributed by atoms with Crippen LogP contribution < -0.4 is 15.2 Å². The predicted molar refractivity (Wildman–Crippen MR) is 132 cm³/mol. The SMILES string of the molecule is CC(C)COc1cccc(-c2nnc(CCC(=O)N3CCN(c4ccccc4F)CC3)c(=O)[nH]2)c1. The number of aromatic amines is 1. The number of nitrogens with one attached hydrogen (secondary N) is 1. The summed E-state index contributed by atoms with van der Waals surface area (Å²) in [6.45, 7) is 6.86. The van der Waals surface area contributed by atoms with E-state index in [1.165, 1.54) is 6.07 Å². The van der Waals surface area contributed by atoms with Gasteiger partial charge in [0.2, 0.25) is 5.91 Å². The van der Waals surface area contributed by atoms with Gasteiger partial charge in [0.25, 0.3) is 5.56 Å². The van der Waals surface area contributed by atoms with Gasteiger partial charge >= 0.3 is 0 Å². The minimum Gasteiger partial charge on any atom is -0.493 e. The van der Waals surface area contributed by atoms with Crippen molar-refractivity contribution < 1.29 is 13.9 Å². The maximum absolute atomic E-state index is 14.0. The molecule has 1 aliphatic heterocycles. The number of nitrogens with zero attached hydrogens (tertiary/aromatic N) is 4. The van der Waals surface area contributed by atoms with E-state index in [1.54, 1.807) is 23.1 Å². The van der Waals surface area contributed by atoms with Crippen LogP contribution in [-0.2, 0) is 11.2 Å². The number of hydrogen-bond donors (Lipinski definition) is 1. The lowest BCUT2D eigenvalue weighted by Crippen LogP contribution is -2.49. The molecule has 0 aliphatic carbocycles. The van der Waals surface area contributed by atoms with Crippen LogP contribution in [-0.4, -0.2) is 58.8 Å². The van der Waals surface area contributed by atoms with Crippen molar-refractivity contribution in [3.05, 3.63) is 70.4 Å². The van der Waals surface area contributed by atoms with Crippen LogP contribution in [0.1, 0.15) is 26.0 Å². The fourth-order valence-electron chi connectivity index (χ4n) is 3.94. The van der Waals surface area contributed by atoms with Gasteiger partial charge in [0.05, 0.1) is 12.3 Å². The summed E-state index contributed by atoms with van der Waals surface area (Å²) in [4.78, 5) is 31.7. The summed E-state index contributed by atoms with van der Waals surface area (Å²) in [5.41, 5.74) is 1.12. The van der Waals surface area contributed by atoms with Crippen molar-refractivity contribution in [2.75, 3.05) is 37.7 Å². The topological polar surface area (TPSA) is 91.4 Å². The van der Waals surface area contributed by atoms with E-state index < -0.39 is 0 Å². The van der Waals surface area contributed by atoms with Gasteiger partial charge in [-0.1, -0.05) is 38.1 Å². The zero-order valence-electron chi connectivity index (χ0n) is 20.0. The first-order valence-corrected chi connectivity index (χ1v) is 11.9. The fourth-order valence-corrected chi connectivity index (χ4v) is 3.94. The first kappa shape index (κ1) is 24.4. The van der Waals surface area contributed by atoms with Crippen LogP contribution in [0.4, 0.5) is 10.1 Å². The van der Waals surface area contributed by atoms with Gasteiger partial charge in [-0.3, -0.25) is 9.59 Å². The molecular formula is C26H30FN5O3. The number of aromatic nitrogens is 3. The summed E-state index contributed by atoms with van der Waals surface area (Å²) in [7, 11) is 0. The van der Waals surface area contributed by atoms with Gasteiger partial charge in [0.15, 0.2) is 5.82 Å². The first-order valence-electron chi connectivity index (χ1n) is 11.9. The maximum Gasteiger partial charge on any atom is 0.273 e. The Morgan fingerprint density at radius 3 is 2.57 bits per heavy atom. The maximum atomic E-state index is 14.0. The Balaban J connectivity index is 1.32. The number of carbonyl (C=O) groups is 1. The summed E-state index contributed by atoms with van der Waals surface area (Å²) in [5, 5.41) is 8.24. The number of rotatable bonds is 8. The molecule has 2 aromatic carbocycles. The Morgan fingerprint density at radius 1 is 1.09 bits per heavy atom. The van der Waals surface area contributed by atoms with Crippen molar-refractivity contribution in [2.24, 2.45) is 5.92 Å². The van der Waals surface area contributed by atoms with Crippen LogP contribution in [0, 0.1) is 11.7 Å². The smallest absolute Gasteiger partial charge is 0.273 e. The van der Waals surface area contributed by atoms with Crippen molar-refractivity contribution in [1.29, 1.82) is 0 Å². The molecule has 2 heterocycles. The summed E-state index contributed by atoms with van der Waals surface area (Å²) in [5.74, 6) is 1.13. The standard InChI is InChI=1S/C26H30FN5O3/c1-18(2)17-35-20-7-5-6-19(16-20)25-28-26(34)22(29-30-25)10-11-24(33)32-14-12-31(13-15-32)23-9-4-3-8-21(23)27/h3-9,16,18H,10-15,17H2,1-2H3,(H,28,30,34). The number of aryl methyl sites for hydroxylation is 1. The molecule has 8 nitrogen and oxygen atoms in total. The third-order valence-electron chi connectivity index (χ3n) is 5.86. The molecule has 1 saturated heterocycles. The second-order valence-corrected chi connectivity index (χ2v) is 9.00. The first-order chi connectivity index (χ1) is 16.9. The second-order valence-electron chi connectivity index (χ2n) is 9.00. The summed E-state index contributed by atoms with van der Waals surface area (Å²) in [6.07, 6.45) is 0.363. The summed E-state index contributed by atoms with van der Waals surface area (Å²) < 4.78 is 19.8. The number of hydrogen-bond acceptors (Lipinski definition) is 6. The highest BCUT2D eigenvalue weighted by molar-refractivity contribution is 5.76. The van der Waals surface area contributed by atoms with E-state index in [9.17, 15) is 14.0 Å². The number of amides is 1. The average Bonchev–Trinajstić information content (AvgIpc) is 2.87. The summed E-state index contributed by atoms with van der Waals surface area (Å²) in [6, 6.07) is 14.0. The molecule has 0 radical (unpaired) electrons. The largest absolute Gasteiger partial charge is 0.493 e. The van der Waals surface area contributed by atoms with Crippen LogP contribution in [0.5, 0.6) is 5.75 Å². The van der Waals surface area contributed by atoms with E-state index in [4.69, 9.17) is 4.74 Å². The van der Waals surface area contributed by atoms with E-state index in [2.05, 4.69) is 29.0 Å². The quantitative estimate of drug-likeness (QED) is 0.533. The van der Waals surface area contributed by atoms with Crippen molar-refractivity contribution >= 4 is 11.6 Å². The molecule has 0 saturated carbocycles. The molecule has 184 valence electrons. The molecule has 0 atom stereocenters. The molecule has 9 heteroatoms. The van der Waals surface area contributed by atoms with Crippen molar-refractivity contribution in [1.82, 2.24) is 20.1 Å². The number of halogens is 1. The number of anilines is 1. The molecular weight excluding hydrogens is 449 g/mol. The normalized spacial score (nSPS) is 13.8. The van der Waals surface area contributed by atoms with Crippen LogP contribution in [0.15, 0.2) is 53.3 Å². The molecule has 1 N–H and O–H groups in total. The Hall–Kier alpha value is -3.75. The molecule has 1 fully saturated rings. The Labute approximate surface area is 203 Å². The number of para-hydroxylation sites is 1. The highest BCUT2D eigenvalue weighted by Crippen LogP contribution is 2.21. The van der Waals surface area contributed by atoms with Crippen LogP contribution in [0.2, 0.25) is 0 Å². The molecule has 0 bridgehead atoms. The lowest BCUT2D eigenvalue weighted by atomic mass is 10.2. The Morgan fingerprint density at radius 2 is 1.86 bits per heavy atom. The van der Waals surface area contributed by atoms with Crippen molar-refractivity contribution in [2.45, 2.75) is 26.7 Å². The zero-order chi connectivity index (χ0) is 24.8. The highest BCUT2D eigenvalue weighted by Gasteiger charge is 2.23. The van der Waals surface area contributed by atoms with E-state index in [0.717, 1.165) is 0 Å². The van der Waals surface area contributed by atoms with E-state index >= 15 is 0 Å². The van der Waals surface area contributed by atoms with Crippen LogP contribution in [0.25, 0.3) is 11.4 Å². The average molecular weight is 480 g/mol. The third-order valence-corrected chi connectivity index (χ3v) is 5.86. The lowest BCUT2D eigenvalue weighted by molar-refractivity contribution is -0.131. The number of ether oxygens (including phenoxy) is 1. The molecule has 1 amide bonds. The highest BCUT2D eigenvalue weighted by atomic mass is 19.1. The van der Waals surface area contributed by atoms with Gasteiger partial charge in [-0.25, -0.2) is 4.39 Å². The van der Waals surface area contributed by atoms with E-state index in [-0.39, 0.29) is 35.8 Å². The number of carbonyl (C=O) groups excluding carboxylic acids is 1. The van der Waals surface area contributed by atoms with Crippen LogP contribution in [0.3, 0.4) is 0 Å². The number of piperazine rings is 1. The van der Waals surface area contributed by atoms with Gasteiger partial charge in [0.1, 0.15) is 17.3 Å². The van der Waals surface area contributed by atoms with Gasteiger partial charge in [-0.05, 0) is 30.2 Å². The molecule has 4 rings (SSSR count). The van der Waals surface area contributed by atoms with Crippen molar-refractivity contribution in [3.63, 3.8) is 0 Å². The number of H-pyrrole nitrogens is 1. The minimum absolute atomic E-state index is 0.0570. The Kier molecular flexibility index (Phi) is 7.74. The molecule has 1 aliphatic rings. The molecule has 0 unspecified atom stereocenters. The minimum atomic E-state index is -0.360. The number of benzene rings is 2.